The molecule has 18 heavy (non-hydrogen) atoms. The van der Waals surface area contributed by atoms with Crippen molar-refractivity contribution in [2.45, 2.75) is 13.5 Å². The summed E-state index contributed by atoms with van der Waals surface area (Å²) in [5.74, 6) is -0.619. The molecule has 0 saturated carbocycles. The standard InChI is InChI=1S/C14H16N2O2/c1-2-3-4-5-13(17)16-10-11-6-8-12(9-7-11)14(15)18/h2-9H,10H2,1H3,(H2,15,18)(H,16,17)/b3-2+,5-4+. The summed E-state index contributed by atoms with van der Waals surface area (Å²) >= 11 is 0. The van der Waals surface area contributed by atoms with Crippen LogP contribution in [0.25, 0.3) is 0 Å². The van der Waals surface area contributed by atoms with Gasteiger partial charge in [-0.3, -0.25) is 9.59 Å². The Labute approximate surface area is 106 Å². The Morgan fingerprint density at radius 1 is 1.22 bits per heavy atom. The molecule has 0 heterocycles. The number of primary amides is 1. The molecule has 4 heteroatoms. The van der Waals surface area contributed by atoms with Gasteiger partial charge < -0.3 is 11.1 Å². The third kappa shape index (κ3) is 4.65. The van der Waals surface area contributed by atoms with E-state index in [0.717, 1.165) is 5.56 Å². The summed E-state index contributed by atoms with van der Waals surface area (Å²) < 4.78 is 0. The van der Waals surface area contributed by atoms with Gasteiger partial charge in [-0.15, -0.1) is 0 Å². The van der Waals surface area contributed by atoms with E-state index in [1.54, 1.807) is 36.4 Å². The highest BCUT2D eigenvalue weighted by atomic mass is 16.1. The van der Waals surface area contributed by atoms with Crippen molar-refractivity contribution in [2.24, 2.45) is 5.73 Å². The zero-order chi connectivity index (χ0) is 13.4. The summed E-state index contributed by atoms with van der Waals surface area (Å²) in [6.07, 6.45) is 6.75. The molecule has 1 aromatic carbocycles. The van der Waals surface area contributed by atoms with Crippen molar-refractivity contribution in [3.8, 4) is 0 Å². The summed E-state index contributed by atoms with van der Waals surface area (Å²) in [5.41, 5.74) is 6.50. The minimum atomic E-state index is -0.458. The minimum Gasteiger partial charge on any atom is -0.366 e. The molecule has 0 saturated heterocycles. The van der Waals surface area contributed by atoms with E-state index in [2.05, 4.69) is 5.32 Å². The number of benzene rings is 1. The number of carbonyl (C=O) groups is 2. The minimum absolute atomic E-state index is 0.160. The van der Waals surface area contributed by atoms with Gasteiger partial charge in [-0.25, -0.2) is 0 Å². The monoisotopic (exact) mass is 244 g/mol. The second-order valence-electron chi connectivity index (χ2n) is 3.66. The molecule has 1 rings (SSSR count). The Morgan fingerprint density at radius 3 is 2.44 bits per heavy atom. The second-order valence-corrected chi connectivity index (χ2v) is 3.66. The van der Waals surface area contributed by atoms with E-state index in [0.29, 0.717) is 12.1 Å². The van der Waals surface area contributed by atoms with Gasteiger partial charge in [0.25, 0.3) is 0 Å². The predicted octanol–water partition coefficient (Wildman–Crippen LogP) is 1.53. The molecule has 0 aliphatic carbocycles. The molecular weight excluding hydrogens is 228 g/mol. The molecule has 0 fully saturated rings. The van der Waals surface area contributed by atoms with Crippen LogP contribution >= 0.6 is 0 Å². The fourth-order valence-corrected chi connectivity index (χ4v) is 1.29. The van der Waals surface area contributed by atoms with Crippen molar-refractivity contribution in [3.05, 3.63) is 59.7 Å². The molecule has 0 atom stereocenters. The first-order valence-corrected chi connectivity index (χ1v) is 5.59. The van der Waals surface area contributed by atoms with Crippen LogP contribution in [0.15, 0.2) is 48.6 Å². The molecule has 1 aromatic rings. The number of hydrogen-bond acceptors (Lipinski definition) is 2. The Kier molecular flexibility index (Phi) is 5.38. The van der Waals surface area contributed by atoms with Gasteiger partial charge in [0.2, 0.25) is 11.8 Å². The molecule has 2 amide bonds. The van der Waals surface area contributed by atoms with Crippen molar-refractivity contribution in [1.29, 1.82) is 0 Å². The maximum atomic E-state index is 11.4. The van der Waals surface area contributed by atoms with Crippen molar-refractivity contribution < 1.29 is 9.59 Å². The molecule has 0 bridgehead atoms. The Bertz CT molecular complexity index is 473. The Morgan fingerprint density at radius 2 is 1.89 bits per heavy atom. The third-order valence-corrected chi connectivity index (χ3v) is 2.26. The molecule has 0 aliphatic heterocycles. The molecule has 0 spiro atoms. The van der Waals surface area contributed by atoms with Crippen LogP contribution in [0.5, 0.6) is 0 Å². The van der Waals surface area contributed by atoms with Gasteiger partial charge in [-0.05, 0) is 24.6 Å². The van der Waals surface area contributed by atoms with Gasteiger partial charge in [0.05, 0.1) is 0 Å². The lowest BCUT2D eigenvalue weighted by Gasteiger charge is -2.03. The van der Waals surface area contributed by atoms with E-state index in [1.807, 2.05) is 13.0 Å². The molecule has 3 N–H and O–H groups in total. The van der Waals surface area contributed by atoms with Crippen molar-refractivity contribution in [3.63, 3.8) is 0 Å². The molecule has 4 nitrogen and oxygen atoms in total. The van der Waals surface area contributed by atoms with Crippen LogP contribution in [0.4, 0.5) is 0 Å². The largest absolute Gasteiger partial charge is 0.366 e. The van der Waals surface area contributed by atoms with Gasteiger partial charge in [0.15, 0.2) is 0 Å². The number of nitrogens with one attached hydrogen (secondary N) is 1. The third-order valence-electron chi connectivity index (χ3n) is 2.26. The van der Waals surface area contributed by atoms with Gasteiger partial charge in [-0.2, -0.15) is 0 Å². The molecular formula is C14H16N2O2. The Balaban J connectivity index is 2.48. The van der Waals surface area contributed by atoms with Crippen LogP contribution in [-0.2, 0) is 11.3 Å². The van der Waals surface area contributed by atoms with Crippen LogP contribution in [0.3, 0.4) is 0 Å². The zero-order valence-corrected chi connectivity index (χ0v) is 10.2. The van der Waals surface area contributed by atoms with Crippen LogP contribution in [-0.4, -0.2) is 11.8 Å². The summed E-state index contributed by atoms with van der Waals surface area (Å²) in [4.78, 5) is 22.2. The lowest BCUT2D eigenvalue weighted by atomic mass is 10.1. The van der Waals surface area contributed by atoms with Crippen molar-refractivity contribution in [2.75, 3.05) is 0 Å². The zero-order valence-electron chi connectivity index (χ0n) is 10.2. The number of carbonyl (C=O) groups excluding carboxylic acids is 2. The summed E-state index contributed by atoms with van der Waals surface area (Å²) in [6, 6.07) is 6.80. The summed E-state index contributed by atoms with van der Waals surface area (Å²) in [7, 11) is 0. The number of nitrogens with two attached hydrogens (primary N) is 1. The first-order valence-electron chi connectivity index (χ1n) is 5.59. The molecule has 0 aromatic heterocycles. The highest BCUT2D eigenvalue weighted by Crippen LogP contribution is 2.03. The number of hydrogen-bond donors (Lipinski definition) is 2. The number of amides is 2. The van der Waals surface area contributed by atoms with Crippen LogP contribution in [0, 0.1) is 0 Å². The fraction of sp³-hybridized carbons (Fsp3) is 0.143. The van der Waals surface area contributed by atoms with Gasteiger partial charge in [0.1, 0.15) is 0 Å². The smallest absolute Gasteiger partial charge is 0.248 e. The lowest BCUT2D eigenvalue weighted by molar-refractivity contribution is -0.116. The predicted molar refractivity (Wildman–Crippen MR) is 70.8 cm³/mol. The summed E-state index contributed by atoms with van der Waals surface area (Å²) in [6.45, 7) is 2.29. The van der Waals surface area contributed by atoms with E-state index < -0.39 is 5.91 Å². The van der Waals surface area contributed by atoms with Crippen molar-refractivity contribution in [1.82, 2.24) is 5.32 Å². The fourth-order valence-electron chi connectivity index (χ4n) is 1.29. The van der Waals surface area contributed by atoms with E-state index in [1.165, 1.54) is 6.08 Å². The van der Waals surface area contributed by atoms with Crippen molar-refractivity contribution >= 4 is 11.8 Å². The summed E-state index contributed by atoms with van der Waals surface area (Å²) in [5, 5.41) is 2.73. The second kappa shape index (κ2) is 7.06. The van der Waals surface area contributed by atoms with E-state index >= 15 is 0 Å². The average Bonchev–Trinajstić information content (AvgIpc) is 2.37. The first kappa shape index (κ1) is 13.7. The number of allylic oxidation sites excluding steroid dienone is 3. The highest BCUT2D eigenvalue weighted by molar-refractivity contribution is 5.92. The molecule has 0 unspecified atom stereocenters. The van der Waals surface area contributed by atoms with Gasteiger partial charge >= 0.3 is 0 Å². The quantitative estimate of drug-likeness (QED) is 0.609. The molecule has 0 radical (unpaired) electrons. The normalized spacial score (nSPS) is 10.9. The van der Waals surface area contributed by atoms with Crippen LogP contribution < -0.4 is 11.1 Å². The number of rotatable bonds is 5. The van der Waals surface area contributed by atoms with Crippen LogP contribution in [0.2, 0.25) is 0 Å². The van der Waals surface area contributed by atoms with Gasteiger partial charge in [-0.1, -0.05) is 30.4 Å². The average molecular weight is 244 g/mol. The molecule has 0 aliphatic rings. The lowest BCUT2D eigenvalue weighted by Crippen LogP contribution is -2.20. The SMILES string of the molecule is C/C=C/C=C/C(=O)NCc1ccc(C(N)=O)cc1. The Hall–Kier alpha value is -2.36. The maximum absolute atomic E-state index is 11.4. The van der Waals surface area contributed by atoms with E-state index in [4.69, 9.17) is 5.73 Å². The topological polar surface area (TPSA) is 72.2 Å². The molecule has 94 valence electrons. The van der Waals surface area contributed by atoms with E-state index in [-0.39, 0.29) is 5.91 Å². The van der Waals surface area contributed by atoms with E-state index in [9.17, 15) is 9.59 Å². The first-order chi connectivity index (χ1) is 8.63. The van der Waals surface area contributed by atoms with Gasteiger partial charge in [0, 0.05) is 18.2 Å². The highest BCUT2D eigenvalue weighted by Gasteiger charge is 2.00. The van der Waals surface area contributed by atoms with Crippen LogP contribution in [0.1, 0.15) is 22.8 Å². The maximum Gasteiger partial charge on any atom is 0.248 e.